The number of piperidine rings is 1. The molecule has 3 nitrogen and oxygen atoms in total. The number of carbonyl (C=O) groups is 1. The van der Waals surface area contributed by atoms with Crippen LogP contribution in [-0.4, -0.2) is 24.0 Å². The highest BCUT2D eigenvalue weighted by atomic mass is 16.2. The van der Waals surface area contributed by atoms with Crippen LogP contribution in [0.5, 0.6) is 0 Å². The van der Waals surface area contributed by atoms with Crippen LogP contribution in [0.1, 0.15) is 43.2 Å². The highest BCUT2D eigenvalue weighted by molar-refractivity contribution is 5.90. The first kappa shape index (κ1) is 14.4. The lowest BCUT2D eigenvalue weighted by Gasteiger charge is -2.41. The Bertz CT molecular complexity index is 526. The molecule has 21 heavy (non-hydrogen) atoms. The SMILES string of the molecule is Cc1ccc(C)c(NC(=O)N2CC[C@H]3CCCC[C@H]3C2)c1. The quantitative estimate of drug-likeness (QED) is 0.818. The number of nitrogens with zero attached hydrogens (tertiary/aromatic N) is 1. The molecule has 3 heteroatoms. The van der Waals surface area contributed by atoms with E-state index in [4.69, 9.17) is 0 Å². The summed E-state index contributed by atoms with van der Waals surface area (Å²) in [6.45, 7) is 5.96. The average molecular weight is 286 g/mol. The van der Waals surface area contributed by atoms with Crippen molar-refractivity contribution in [1.29, 1.82) is 0 Å². The van der Waals surface area contributed by atoms with Gasteiger partial charge in [0.25, 0.3) is 0 Å². The van der Waals surface area contributed by atoms with Crippen LogP contribution in [0.2, 0.25) is 0 Å². The zero-order valence-electron chi connectivity index (χ0n) is 13.2. The molecule has 1 aromatic rings. The predicted molar refractivity (Wildman–Crippen MR) is 86.6 cm³/mol. The molecule has 114 valence electrons. The summed E-state index contributed by atoms with van der Waals surface area (Å²) in [5.41, 5.74) is 3.26. The first-order valence-electron chi connectivity index (χ1n) is 8.26. The molecule has 2 fully saturated rings. The van der Waals surface area contributed by atoms with Gasteiger partial charge in [0.1, 0.15) is 0 Å². The lowest BCUT2D eigenvalue weighted by molar-refractivity contribution is 0.108. The van der Waals surface area contributed by atoms with Crippen molar-refractivity contribution in [3.05, 3.63) is 29.3 Å². The molecule has 0 aromatic heterocycles. The number of fused-ring (bicyclic) bond motifs is 1. The second kappa shape index (κ2) is 6.08. The summed E-state index contributed by atoms with van der Waals surface area (Å²) in [6, 6.07) is 6.28. The van der Waals surface area contributed by atoms with Gasteiger partial charge in [0.05, 0.1) is 0 Å². The van der Waals surface area contributed by atoms with Gasteiger partial charge >= 0.3 is 6.03 Å². The predicted octanol–water partition coefficient (Wildman–Crippen LogP) is 4.35. The van der Waals surface area contributed by atoms with Gasteiger partial charge in [-0.3, -0.25) is 0 Å². The maximum absolute atomic E-state index is 12.5. The number of amides is 2. The molecule has 0 radical (unpaired) electrons. The summed E-state index contributed by atoms with van der Waals surface area (Å²) in [4.78, 5) is 14.5. The molecule has 0 spiro atoms. The summed E-state index contributed by atoms with van der Waals surface area (Å²) in [7, 11) is 0. The summed E-state index contributed by atoms with van der Waals surface area (Å²) in [5, 5.41) is 3.10. The van der Waals surface area contributed by atoms with E-state index >= 15 is 0 Å². The number of nitrogens with one attached hydrogen (secondary N) is 1. The van der Waals surface area contributed by atoms with E-state index in [1.165, 1.54) is 37.7 Å². The van der Waals surface area contributed by atoms with Gasteiger partial charge < -0.3 is 10.2 Å². The molecule has 1 aliphatic carbocycles. The van der Waals surface area contributed by atoms with E-state index in [2.05, 4.69) is 30.4 Å². The zero-order chi connectivity index (χ0) is 14.8. The maximum Gasteiger partial charge on any atom is 0.321 e. The van der Waals surface area contributed by atoms with Crippen LogP contribution in [0.15, 0.2) is 18.2 Å². The Labute approximate surface area is 127 Å². The third-order valence-corrected chi connectivity index (χ3v) is 5.21. The van der Waals surface area contributed by atoms with E-state index in [1.54, 1.807) is 0 Å². The number of rotatable bonds is 1. The lowest BCUT2D eigenvalue weighted by atomic mass is 9.75. The molecule has 2 amide bonds. The van der Waals surface area contributed by atoms with Crippen molar-refractivity contribution in [3.8, 4) is 0 Å². The average Bonchev–Trinajstić information content (AvgIpc) is 2.50. The van der Waals surface area contributed by atoms with Gasteiger partial charge in [0.15, 0.2) is 0 Å². The first-order valence-corrected chi connectivity index (χ1v) is 8.26. The molecule has 0 unspecified atom stereocenters. The van der Waals surface area contributed by atoms with Gasteiger partial charge in [-0.05, 0) is 55.7 Å². The highest BCUT2D eigenvalue weighted by Crippen LogP contribution is 2.36. The smallest absolute Gasteiger partial charge is 0.321 e. The van der Waals surface area contributed by atoms with Gasteiger partial charge in [0.2, 0.25) is 0 Å². The fourth-order valence-corrected chi connectivity index (χ4v) is 3.85. The summed E-state index contributed by atoms with van der Waals surface area (Å²) in [6.07, 6.45) is 6.59. The summed E-state index contributed by atoms with van der Waals surface area (Å²) >= 11 is 0. The third-order valence-electron chi connectivity index (χ3n) is 5.21. The molecule has 2 aliphatic rings. The van der Waals surface area contributed by atoms with Crippen LogP contribution in [0.3, 0.4) is 0 Å². The minimum atomic E-state index is 0.0766. The van der Waals surface area contributed by atoms with Gasteiger partial charge in [-0.25, -0.2) is 4.79 Å². The first-order chi connectivity index (χ1) is 10.1. The Hall–Kier alpha value is -1.51. The van der Waals surface area contributed by atoms with E-state index in [-0.39, 0.29) is 6.03 Å². The van der Waals surface area contributed by atoms with Crippen molar-refractivity contribution in [3.63, 3.8) is 0 Å². The van der Waals surface area contributed by atoms with E-state index in [0.717, 1.165) is 36.2 Å². The van der Waals surface area contributed by atoms with Crippen LogP contribution in [-0.2, 0) is 0 Å². The van der Waals surface area contributed by atoms with Crippen molar-refractivity contribution in [2.75, 3.05) is 18.4 Å². The Morgan fingerprint density at radius 2 is 1.90 bits per heavy atom. The second-order valence-corrected chi connectivity index (χ2v) is 6.79. The van der Waals surface area contributed by atoms with E-state index in [0.29, 0.717) is 0 Å². The topological polar surface area (TPSA) is 32.3 Å². The fourth-order valence-electron chi connectivity index (χ4n) is 3.85. The van der Waals surface area contributed by atoms with E-state index in [9.17, 15) is 4.79 Å². The van der Waals surface area contributed by atoms with Gasteiger partial charge in [-0.1, -0.05) is 31.4 Å². The molecule has 3 rings (SSSR count). The van der Waals surface area contributed by atoms with Crippen molar-refractivity contribution in [2.45, 2.75) is 46.0 Å². The van der Waals surface area contributed by atoms with Crippen LogP contribution in [0.25, 0.3) is 0 Å². The second-order valence-electron chi connectivity index (χ2n) is 6.79. The monoisotopic (exact) mass is 286 g/mol. The molecular formula is C18H26N2O. The van der Waals surface area contributed by atoms with Crippen molar-refractivity contribution in [2.24, 2.45) is 11.8 Å². The molecular weight excluding hydrogens is 260 g/mol. The molecule has 0 bridgehead atoms. The fraction of sp³-hybridized carbons (Fsp3) is 0.611. The molecule has 1 aromatic carbocycles. The van der Waals surface area contributed by atoms with Crippen LogP contribution in [0, 0.1) is 25.7 Å². The molecule has 1 aliphatic heterocycles. The van der Waals surface area contributed by atoms with Gasteiger partial charge in [-0.15, -0.1) is 0 Å². The van der Waals surface area contributed by atoms with E-state index < -0.39 is 0 Å². The Kier molecular flexibility index (Phi) is 4.18. The van der Waals surface area contributed by atoms with Crippen molar-refractivity contribution in [1.82, 2.24) is 4.90 Å². The Morgan fingerprint density at radius 3 is 2.71 bits per heavy atom. The number of hydrogen-bond donors (Lipinski definition) is 1. The Morgan fingerprint density at radius 1 is 1.14 bits per heavy atom. The van der Waals surface area contributed by atoms with Crippen LogP contribution in [0.4, 0.5) is 10.5 Å². The van der Waals surface area contributed by atoms with Crippen LogP contribution >= 0.6 is 0 Å². The summed E-state index contributed by atoms with van der Waals surface area (Å²) < 4.78 is 0. The van der Waals surface area contributed by atoms with Crippen molar-refractivity contribution >= 4 is 11.7 Å². The number of benzene rings is 1. The van der Waals surface area contributed by atoms with Gasteiger partial charge in [0, 0.05) is 18.8 Å². The molecule has 1 saturated carbocycles. The maximum atomic E-state index is 12.5. The molecule has 1 saturated heterocycles. The van der Waals surface area contributed by atoms with Gasteiger partial charge in [-0.2, -0.15) is 0 Å². The normalized spacial score (nSPS) is 25.3. The largest absolute Gasteiger partial charge is 0.324 e. The number of carbonyl (C=O) groups excluding carboxylic acids is 1. The molecule has 1 heterocycles. The standard InChI is InChI=1S/C18H26N2O/c1-13-7-8-14(2)17(11-13)19-18(21)20-10-9-15-5-3-4-6-16(15)12-20/h7-8,11,15-16H,3-6,9-10,12H2,1-2H3,(H,19,21)/t15-,16+/m1/s1. The number of aryl methyl sites for hydroxylation is 2. The molecule has 2 atom stereocenters. The highest BCUT2D eigenvalue weighted by Gasteiger charge is 2.32. The third kappa shape index (κ3) is 3.22. The lowest BCUT2D eigenvalue weighted by Crippen LogP contribution is -2.46. The van der Waals surface area contributed by atoms with E-state index in [1.807, 2.05) is 11.8 Å². The van der Waals surface area contributed by atoms with Crippen LogP contribution < -0.4 is 5.32 Å². The number of likely N-dealkylation sites (tertiary alicyclic amines) is 1. The molecule has 1 N–H and O–H groups in total. The zero-order valence-corrected chi connectivity index (χ0v) is 13.2. The number of hydrogen-bond acceptors (Lipinski definition) is 1. The summed E-state index contributed by atoms with van der Waals surface area (Å²) in [5.74, 6) is 1.60. The minimum Gasteiger partial charge on any atom is -0.324 e. The minimum absolute atomic E-state index is 0.0766. The number of anilines is 1. The van der Waals surface area contributed by atoms with Crippen molar-refractivity contribution < 1.29 is 4.79 Å². The number of urea groups is 1. The Balaban J connectivity index is 1.64.